The molecule has 3 nitrogen and oxygen atoms in total. The Morgan fingerprint density at radius 2 is 2.50 bits per heavy atom. The normalized spacial score (nSPS) is 10.7. The SMILES string of the molecule is CCN(C)Cc1csnn1. The Balaban J connectivity index is 2.40. The molecule has 10 heavy (non-hydrogen) atoms. The summed E-state index contributed by atoms with van der Waals surface area (Å²) in [5, 5.41) is 5.91. The van der Waals surface area contributed by atoms with E-state index in [4.69, 9.17) is 0 Å². The number of rotatable bonds is 3. The maximum atomic E-state index is 3.93. The molecule has 1 rings (SSSR count). The van der Waals surface area contributed by atoms with Gasteiger partial charge < -0.3 is 4.90 Å². The molecule has 0 saturated heterocycles. The Labute approximate surface area is 64.8 Å². The van der Waals surface area contributed by atoms with Crippen molar-refractivity contribution in [2.75, 3.05) is 13.6 Å². The second kappa shape index (κ2) is 3.63. The van der Waals surface area contributed by atoms with E-state index < -0.39 is 0 Å². The van der Waals surface area contributed by atoms with Crippen molar-refractivity contribution in [1.29, 1.82) is 0 Å². The lowest BCUT2D eigenvalue weighted by Crippen LogP contribution is -2.16. The van der Waals surface area contributed by atoms with E-state index in [1.807, 2.05) is 5.38 Å². The third kappa shape index (κ3) is 2.04. The molecule has 0 aromatic carbocycles. The molecule has 56 valence electrons. The molecule has 0 aliphatic carbocycles. The summed E-state index contributed by atoms with van der Waals surface area (Å²) in [7, 11) is 2.07. The van der Waals surface area contributed by atoms with Gasteiger partial charge in [0.25, 0.3) is 0 Å². The van der Waals surface area contributed by atoms with Crippen LogP contribution in [0.15, 0.2) is 5.38 Å². The van der Waals surface area contributed by atoms with E-state index in [1.54, 1.807) is 0 Å². The fourth-order valence-corrected chi connectivity index (χ4v) is 1.08. The number of hydrogen-bond donors (Lipinski definition) is 0. The first-order chi connectivity index (χ1) is 4.83. The molecule has 0 atom stereocenters. The van der Waals surface area contributed by atoms with Crippen LogP contribution in [0.3, 0.4) is 0 Å². The first kappa shape index (κ1) is 7.63. The van der Waals surface area contributed by atoms with E-state index >= 15 is 0 Å². The highest BCUT2D eigenvalue weighted by atomic mass is 32.1. The second-order valence-electron chi connectivity index (χ2n) is 2.23. The van der Waals surface area contributed by atoms with Crippen LogP contribution in [0.1, 0.15) is 12.6 Å². The highest BCUT2D eigenvalue weighted by Gasteiger charge is 1.98. The Kier molecular flexibility index (Phi) is 2.77. The topological polar surface area (TPSA) is 29.0 Å². The average molecular weight is 157 g/mol. The molecule has 0 bridgehead atoms. The molecule has 1 aromatic rings. The lowest BCUT2D eigenvalue weighted by molar-refractivity contribution is 0.341. The summed E-state index contributed by atoms with van der Waals surface area (Å²) in [4.78, 5) is 2.19. The van der Waals surface area contributed by atoms with E-state index in [0.29, 0.717) is 0 Å². The maximum absolute atomic E-state index is 3.93. The number of aromatic nitrogens is 2. The summed E-state index contributed by atoms with van der Waals surface area (Å²) in [5.74, 6) is 0. The van der Waals surface area contributed by atoms with Crippen LogP contribution in [0, 0.1) is 0 Å². The van der Waals surface area contributed by atoms with E-state index in [2.05, 4.69) is 28.5 Å². The quantitative estimate of drug-likeness (QED) is 0.655. The largest absolute Gasteiger partial charge is 0.301 e. The van der Waals surface area contributed by atoms with E-state index in [-0.39, 0.29) is 0 Å². The van der Waals surface area contributed by atoms with Crippen LogP contribution in [-0.4, -0.2) is 28.1 Å². The minimum atomic E-state index is 0.910. The van der Waals surface area contributed by atoms with Gasteiger partial charge in [-0.15, -0.1) is 5.10 Å². The lowest BCUT2D eigenvalue weighted by atomic mass is 10.4. The Hall–Kier alpha value is -0.480. The van der Waals surface area contributed by atoms with Gasteiger partial charge in [0.15, 0.2) is 0 Å². The highest BCUT2D eigenvalue weighted by Crippen LogP contribution is 1.99. The monoisotopic (exact) mass is 157 g/mol. The zero-order valence-electron chi connectivity index (χ0n) is 6.24. The lowest BCUT2D eigenvalue weighted by Gasteiger charge is -2.09. The molecule has 0 fully saturated rings. The zero-order valence-corrected chi connectivity index (χ0v) is 7.06. The van der Waals surface area contributed by atoms with Crippen LogP contribution in [0.2, 0.25) is 0 Å². The first-order valence-electron chi connectivity index (χ1n) is 3.27. The minimum absolute atomic E-state index is 0.910. The van der Waals surface area contributed by atoms with Crippen LogP contribution in [0.5, 0.6) is 0 Å². The van der Waals surface area contributed by atoms with Crippen LogP contribution in [-0.2, 0) is 6.54 Å². The van der Waals surface area contributed by atoms with Gasteiger partial charge in [0, 0.05) is 11.9 Å². The third-order valence-electron chi connectivity index (χ3n) is 1.38. The fraction of sp³-hybridized carbons (Fsp3) is 0.667. The predicted molar refractivity (Wildman–Crippen MR) is 41.9 cm³/mol. The molecule has 0 radical (unpaired) electrons. The molecule has 0 N–H and O–H groups in total. The fourth-order valence-electron chi connectivity index (χ4n) is 0.641. The van der Waals surface area contributed by atoms with Crippen molar-refractivity contribution in [3.63, 3.8) is 0 Å². The van der Waals surface area contributed by atoms with Crippen LogP contribution >= 0.6 is 11.5 Å². The highest BCUT2D eigenvalue weighted by molar-refractivity contribution is 7.03. The van der Waals surface area contributed by atoms with Gasteiger partial charge in [-0.1, -0.05) is 11.4 Å². The van der Waals surface area contributed by atoms with Crippen LogP contribution in [0.25, 0.3) is 0 Å². The first-order valence-corrected chi connectivity index (χ1v) is 4.11. The van der Waals surface area contributed by atoms with Gasteiger partial charge >= 0.3 is 0 Å². The van der Waals surface area contributed by atoms with Gasteiger partial charge in [-0.2, -0.15) is 0 Å². The Morgan fingerprint density at radius 3 is 3.00 bits per heavy atom. The molecule has 0 aliphatic rings. The van der Waals surface area contributed by atoms with Crippen molar-refractivity contribution in [2.24, 2.45) is 0 Å². The van der Waals surface area contributed by atoms with Crippen LogP contribution in [0.4, 0.5) is 0 Å². The number of hydrogen-bond acceptors (Lipinski definition) is 4. The van der Waals surface area contributed by atoms with Gasteiger partial charge in [-0.25, -0.2) is 0 Å². The van der Waals surface area contributed by atoms with Gasteiger partial charge in [-0.3, -0.25) is 0 Å². The van der Waals surface area contributed by atoms with E-state index in [1.165, 1.54) is 11.5 Å². The molecule has 1 heterocycles. The van der Waals surface area contributed by atoms with Crippen molar-refractivity contribution < 1.29 is 0 Å². The smallest absolute Gasteiger partial charge is 0.0895 e. The van der Waals surface area contributed by atoms with Gasteiger partial charge in [-0.05, 0) is 25.1 Å². The summed E-state index contributed by atoms with van der Waals surface area (Å²) in [6.45, 7) is 4.09. The summed E-state index contributed by atoms with van der Waals surface area (Å²) >= 11 is 1.40. The summed E-state index contributed by atoms with van der Waals surface area (Å²) in [6.07, 6.45) is 0. The molecule has 1 aromatic heterocycles. The Bertz CT molecular complexity index is 173. The van der Waals surface area contributed by atoms with E-state index in [9.17, 15) is 0 Å². The van der Waals surface area contributed by atoms with E-state index in [0.717, 1.165) is 18.8 Å². The van der Waals surface area contributed by atoms with Crippen LogP contribution < -0.4 is 0 Å². The van der Waals surface area contributed by atoms with Gasteiger partial charge in [0.1, 0.15) is 0 Å². The summed E-state index contributed by atoms with van der Waals surface area (Å²) in [5.41, 5.74) is 1.06. The molecule has 0 aliphatic heterocycles. The van der Waals surface area contributed by atoms with Crippen molar-refractivity contribution in [1.82, 2.24) is 14.5 Å². The van der Waals surface area contributed by atoms with Crippen molar-refractivity contribution in [2.45, 2.75) is 13.5 Å². The van der Waals surface area contributed by atoms with Crippen molar-refractivity contribution >= 4 is 11.5 Å². The third-order valence-corrected chi connectivity index (χ3v) is 1.93. The van der Waals surface area contributed by atoms with Crippen molar-refractivity contribution in [3.8, 4) is 0 Å². The molecule has 0 saturated carbocycles. The van der Waals surface area contributed by atoms with Crippen molar-refractivity contribution in [3.05, 3.63) is 11.1 Å². The summed E-state index contributed by atoms with van der Waals surface area (Å²) in [6, 6.07) is 0. The minimum Gasteiger partial charge on any atom is -0.301 e. The average Bonchev–Trinajstić information content (AvgIpc) is 2.40. The zero-order chi connectivity index (χ0) is 7.40. The Morgan fingerprint density at radius 1 is 1.70 bits per heavy atom. The predicted octanol–water partition coefficient (Wildman–Crippen LogP) is 0.990. The molecule has 0 unspecified atom stereocenters. The molecule has 0 amide bonds. The second-order valence-corrected chi connectivity index (χ2v) is 2.84. The van der Waals surface area contributed by atoms with Gasteiger partial charge in [0.05, 0.1) is 5.69 Å². The molecule has 4 heteroatoms. The number of nitrogens with zero attached hydrogens (tertiary/aromatic N) is 3. The molecule has 0 spiro atoms. The van der Waals surface area contributed by atoms with Gasteiger partial charge in [0.2, 0.25) is 0 Å². The summed E-state index contributed by atoms with van der Waals surface area (Å²) < 4.78 is 3.77. The maximum Gasteiger partial charge on any atom is 0.0895 e. The molecular formula is C6H11N3S. The molecular weight excluding hydrogens is 146 g/mol. The standard InChI is InChI=1S/C6H11N3S/c1-3-9(2)4-6-5-10-8-7-6/h5H,3-4H2,1-2H3.